The molecule has 0 aromatic rings. The molecule has 0 atom stereocenters. The summed E-state index contributed by atoms with van der Waals surface area (Å²) in [6.07, 6.45) is 6.89. The van der Waals surface area contributed by atoms with Crippen LogP contribution in [0.15, 0.2) is 0 Å². The molecule has 0 unspecified atom stereocenters. The molecule has 0 spiro atoms. The van der Waals surface area contributed by atoms with Crippen LogP contribution in [0.3, 0.4) is 0 Å². The van der Waals surface area contributed by atoms with E-state index in [0.29, 0.717) is 10.7 Å². The van der Waals surface area contributed by atoms with Crippen molar-refractivity contribution in [2.24, 2.45) is 5.41 Å². The summed E-state index contributed by atoms with van der Waals surface area (Å²) in [7, 11) is 0. The van der Waals surface area contributed by atoms with Gasteiger partial charge in [0.2, 0.25) is 5.91 Å². The molecule has 1 amide bonds. The Labute approximate surface area is 101 Å². The zero-order valence-electron chi connectivity index (χ0n) is 9.47. The highest BCUT2D eigenvalue weighted by molar-refractivity contribution is 9.09. The quantitative estimate of drug-likeness (QED) is 0.673. The minimum atomic E-state index is -0.0286. The number of hydrogen-bond donors (Lipinski definition) is 0. The van der Waals surface area contributed by atoms with Gasteiger partial charge in [-0.25, -0.2) is 0 Å². The van der Waals surface area contributed by atoms with E-state index >= 15 is 0 Å². The van der Waals surface area contributed by atoms with Crippen molar-refractivity contribution in [1.29, 1.82) is 0 Å². The fourth-order valence-corrected chi connectivity index (χ4v) is 3.21. The fourth-order valence-electron chi connectivity index (χ4n) is 2.80. The van der Waals surface area contributed by atoms with E-state index in [-0.39, 0.29) is 5.41 Å². The van der Waals surface area contributed by atoms with Crippen LogP contribution in [-0.4, -0.2) is 28.7 Å². The monoisotopic (exact) mass is 273 g/mol. The molecule has 2 rings (SSSR count). The fraction of sp³-hybridized carbons (Fsp3) is 0.917. The Bertz CT molecular complexity index is 240. The zero-order valence-corrected chi connectivity index (χ0v) is 11.1. The molecule has 2 aliphatic rings. The van der Waals surface area contributed by atoms with Gasteiger partial charge in [-0.05, 0) is 25.7 Å². The number of rotatable bonds is 1. The maximum atomic E-state index is 12.3. The van der Waals surface area contributed by atoms with Crippen molar-refractivity contribution in [2.45, 2.75) is 50.3 Å². The molecule has 3 heteroatoms. The highest BCUT2D eigenvalue weighted by atomic mass is 79.9. The minimum absolute atomic E-state index is 0.0286. The van der Waals surface area contributed by atoms with Gasteiger partial charge >= 0.3 is 0 Å². The van der Waals surface area contributed by atoms with Crippen molar-refractivity contribution in [3.63, 3.8) is 0 Å². The number of halogens is 1. The first-order chi connectivity index (χ1) is 7.12. The molecule has 1 aliphatic heterocycles. The lowest BCUT2D eigenvalue weighted by molar-refractivity contribution is -0.141. The second-order valence-electron chi connectivity index (χ2n) is 5.23. The number of carbonyl (C=O) groups excluding carboxylic acids is 1. The first kappa shape index (κ1) is 11.4. The van der Waals surface area contributed by atoms with E-state index in [0.717, 1.165) is 38.8 Å². The van der Waals surface area contributed by atoms with Gasteiger partial charge in [0.05, 0.1) is 0 Å². The van der Waals surface area contributed by atoms with Crippen LogP contribution in [0.5, 0.6) is 0 Å². The SMILES string of the molecule is CC1(C(=O)N2CCC(Br)CC2)CCCC1. The summed E-state index contributed by atoms with van der Waals surface area (Å²) in [6.45, 7) is 4.05. The van der Waals surface area contributed by atoms with E-state index in [4.69, 9.17) is 0 Å². The van der Waals surface area contributed by atoms with Crippen molar-refractivity contribution in [3.05, 3.63) is 0 Å². The molecule has 1 saturated heterocycles. The molecule has 0 aromatic carbocycles. The molecule has 0 N–H and O–H groups in total. The molecule has 86 valence electrons. The number of alkyl halides is 1. The molecular formula is C12H20BrNO. The van der Waals surface area contributed by atoms with E-state index in [2.05, 4.69) is 27.8 Å². The van der Waals surface area contributed by atoms with Crippen molar-refractivity contribution in [2.75, 3.05) is 13.1 Å². The molecule has 0 aromatic heterocycles. The number of amides is 1. The van der Waals surface area contributed by atoms with Crippen molar-refractivity contribution in [1.82, 2.24) is 4.90 Å². The second kappa shape index (κ2) is 4.44. The summed E-state index contributed by atoms with van der Waals surface area (Å²) in [6, 6.07) is 0. The Hall–Kier alpha value is -0.0500. The molecule has 1 saturated carbocycles. The van der Waals surface area contributed by atoms with Gasteiger partial charge in [-0.2, -0.15) is 0 Å². The summed E-state index contributed by atoms with van der Waals surface area (Å²) in [5.74, 6) is 0.416. The standard InChI is InChI=1S/C12H20BrNO/c1-12(6-2-3-7-12)11(15)14-8-4-10(13)5-9-14/h10H,2-9H2,1H3. The molecule has 2 nitrogen and oxygen atoms in total. The van der Waals surface area contributed by atoms with Crippen LogP contribution in [-0.2, 0) is 4.79 Å². The van der Waals surface area contributed by atoms with Crippen molar-refractivity contribution >= 4 is 21.8 Å². The van der Waals surface area contributed by atoms with Crippen LogP contribution in [0.2, 0.25) is 0 Å². The van der Waals surface area contributed by atoms with Gasteiger partial charge in [0, 0.05) is 23.3 Å². The smallest absolute Gasteiger partial charge is 0.228 e. The van der Waals surface area contributed by atoms with E-state index in [9.17, 15) is 4.79 Å². The van der Waals surface area contributed by atoms with E-state index in [1.807, 2.05) is 0 Å². The molecule has 2 fully saturated rings. The average molecular weight is 274 g/mol. The number of carbonyl (C=O) groups is 1. The third-order valence-corrected chi connectivity index (χ3v) is 4.85. The van der Waals surface area contributed by atoms with Crippen LogP contribution >= 0.6 is 15.9 Å². The Morgan fingerprint density at radius 1 is 1.27 bits per heavy atom. The third-order valence-electron chi connectivity index (χ3n) is 3.94. The van der Waals surface area contributed by atoms with Crippen LogP contribution in [0, 0.1) is 5.41 Å². The Kier molecular flexibility index (Phi) is 3.39. The molecule has 0 radical (unpaired) electrons. The Morgan fingerprint density at radius 2 is 1.80 bits per heavy atom. The maximum absolute atomic E-state index is 12.3. The number of likely N-dealkylation sites (tertiary alicyclic amines) is 1. The summed E-state index contributed by atoms with van der Waals surface area (Å²) in [4.78, 5) is 15.0. The van der Waals surface area contributed by atoms with Gasteiger partial charge in [0.25, 0.3) is 0 Å². The minimum Gasteiger partial charge on any atom is -0.342 e. The lowest BCUT2D eigenvalue weighted by Gasteiger charge is -2.35. The lowest BCUT2D eigenvalue weighted by atomic mass is 9.86. The van der Waals surface area contributed by atoms with Gasteiger partial charge in [0.15, 0.2) is 0 Å². The van der Waals surface area contributed by atoms with E-state index in [1.54, 1.807) is 0 Å². The number of nitrogens with zero attached hydrogens (tertiary/aromatic N) is 1. The molecule has 0 bridgehead atoms. The molecule has 15 heavy (non-hydrogen) atoms. The topological polar surface area (TPSA) is 20.3 Å². The number of hydrogen-bond acceptors (Lipinski definition) is 1. The predicted octanol–water partition coefficient (Wildman–Crippen LogP) is 2.95. The van der Waals surface area contributed by atoms with Crippen LogP contribution in [0.1, 0.15) is 45.4 Å². The molecular weight excluding hydrogens is 254 g/mol. The van der Waals surface area contributed by atoms with Gasteiger partial charge in [-0.15, -0.1) is 0 Å². The van der Waals surface area contributed by atoms with Crippen molar-refractivity contribution < 1.29 is 4.79 Å². The summed E-state index contributed by atoms with van der Waals surface area (Å²) in [5, 5.41) is 0. The summed E-state index contributed by atoms with van der Waals surface area (Å²) >= 11 is 3.62. The predicted molar refractivity (Wildman–Crippen MR) is 65.1 cm³/mol. The van der Waals surface area contributed by atoms with Gasteiger partial charge in [-0.1, -0.05) is 35.7 Å². The zero-order chi connectivity index (χ0) is 10.9. The van der Waals surface area contributed by atoms with E-state index in [1.165, 1.54) is 12.8 Å². The van der Waals surface area contributed by atoms with Crippen molar-refractivity contribution in [3.8, 4) is 0 Å². The van der Waals surface area contributed by atoms with Crippen LogP contribution < -0.4 is 0 Å². The summed E-state index contributed by atoms with van der Waals surface area (Å²) < 4.78 is 0. The first-order valence-electron chi connectivity index (χ1n) is 6.05. The number of piperidine rings is 1. The van der Waals surface area contributed by atoms with Crippen LogP contribution in [0.25, 0.3) is 0 Å². The summed E-state index contributed by atoms with van der Waals surface area (Å²) in [5.41, 5.74) is -0.0286. The Balaban J connectivity index is 1.95. The van der Waals surface area contributed by atoms with Gasteiger partial charge < -0.3 is 4.90 Å². The second-order valence-corrected chi connectivity index (χ2v) is 6.53. The maximum Gasteiger partial charge on any atom is 0.228 e. The largest absolute Gasteiger partial charge is 0.342 e. The van der Waals surface area contributed by atoms with Gasteiger partial charge in [0.1, 0.15) is 0 Å². The third kappa shape index (κ3) is 2.38. The van der Waals surface area contributed by atoms with Gasteiger partial charge in [-0.3, -0.25) is 4.79 Å². The van der Waals surface area contributed by atoms with E-state index < -0.39 is 0 Å². The Morgan fingerprint density at radius 3 is 2.33 bits per heavy atom. The lowest BCUT2D eigenvalue weighted by Crippen LogP contribution is -2.45. The normalized spacial score (nSPS) is 26.9. The molecule has 1 heterocycles. The molecule has 1 aliphatic carbocycles. The average Bonchev–Trinajstić information content (AvgIpc) is 2.67. The highest BCUT2D eigenvalue weighted by Gasteiger charge is 2.39. The first-order valence-corrected chi connectivity index (χ1v) is 6.97. The highest BCUT2D eigenvalue weighted by Crippen LogP contribution is 2.39. The van der Waals surface area contributed by atoms with Crippen LogP contribution in [0.4, 0.5) is 0 Å².